The van der Waals surface area contributed by atoms with Crippen LogP contribution in [-0.2, 0) is 23.7 Å². The quantitative estimate of drug-likeness (QED) is 0.0576. The molecule has 1 aromatic carbocycles. The number of rotatable bonds is 18. The zero-order chi connectivity index (χ0) is 32.2. The van der Waals surface area contributed by atoms with E-state index in [-0.39, 0.29) is 29.2 Å². The van der Waals surface area contributed by atoms with Crippen LogP contribution < -0.4 is 4.74 Å². The van der Waals surface area contributed by atoms with Crippen molar-refractivity contribution in [1.29, 1.82) is 0 Å². The van der Waals surface area contributed by atoms with Crippen molar-refractivity contribution in [3.8, 4) is 17.0 Å². The third kappa shape index (κ3) is 12.7. The highest BCUT2D eigenvalue weighted by molar-refractivity contribution is 7.98. The topological polar surface area (TPSA) is 76.1 Å². The van der Waals surface area contributed by atoms with Crippen molar-refractivity contribution in [2.45, 2.75) is 52.4 Å². The number of fused-ring (bicyclic) bond motifs is 1. The highest BCUT2D eigenvalue weighted by Gasteiger charge is 2.28. The number of ether oxygens (including phenoxy) is 5. The van der Waals surface area contributed by atoms with Crippen LogP contribution in [0.15, 0.2) is 41.3 Å². The number of thioether (sulfide) groups is 1. The number of carbonyl (C=O) groups excluding carboxylic acids is 1. The second-order valence-electron chi connectivity index (χ2n) is 12.3. The molecule has 0 fully saturated rings. The maximum absolute atomic E-state index is 14.0. The molecule has 0 saturated heterocycles. The van der Waals surface area contributed by atoms with Crippen LogP contribution in [0.5, 0.6) is 5.88 Å². The van der Waals surface area contributed by atoms with E-state index in [1.165, 1.54) is 23.5 Å². The summed E-state index contributed by atoms with van der Waals surface area (Å²) < 4.78 is 42.2. The molecule has 0 N–H and O–H groups in total. The molecule has 0 radical (unpaired) electrons. The lowest BCUT2D eigenvalue weighted by Gasteiger charge is -2.31. The molecule has 242 valence electrons. The Morgan fingerprint density at radius 1 is 0.886 bits per heavy atom. The fraction of sp³-hybridized carbons (Fsp3) is 0.545. The highest BCUT2D eigenvalue weighted by Crippen LogP contribution is 2.37. The van der Waals surface area contributed by atoms with Crippen molar-refractivity contribution in [1.82, 2.24) is 4.98 Å². The molecule has 3 aromatic rings. The molecule has 0 unspecified atom stereocenters. The van der Waals surface area contributed by atoms with E-state index >= 15 is 0 Å². The molecule has 0 spiro atoms. The minimum Gasteiger partial charge on any atom is -0.475 e. The Morgan fingerprint density at radius 3 is 2.16 bits per heavy atom. The van der Waals surface area contributed by atoms with Gasteiger partial charge in [0.15, 0.2) is 0 Å². The number of hydrogen-bond donors (Lipinski definition) is 0. The Bertz CT molecular complexity index is 1420. The number of esters is 1. The fourth-order valence-electron chi connectivity index (χ4n) is 5.04. The van der Waals surface area contributed by atoms with E-state index in [0.29, 0.717) is 62.4 Å². The van der Waals surface area contributed by atoms with Gasteiger partial charge in [-0.2, -0.15) is 0 Å². The first kappa shape index (κ1) is 36.3. The number of benzene rings is 1. The van der Waals surface area contributed by atoms with Crippen LogP contribution in [0.1, 0.15) is 47.5 Å². The Hall–Kier alpha value is -2.15. The Morgan fingerprint density at radius 2 is 1.52 bits per heavy atom. The largest absolute Gasteiger partial charge is 0.475 e. The highest BCUT2D eigenvalue weighted by atomic mass is 32.2. The maximum Gasteiger partial charge on any atom is 0.306 e. The number of pyridine rings is 1. The molecule has 0 aliphatic heterocycles. The van der Waals surface area contributed by atoms with Gasteiger partial charge in [-0.15, -0.1) is 23.1 Å². The van der Waals surface area contributed by atoms with E-state index in [1.54, 1.807) is 23.9 Å². The molecule has 3 rings (SSSR count). The van der Waals surface area contributed by atoms with Crippen LogP contribution in [0.3, 0.4) is 0 Å². The van der Waals surface area contributed by atoms with Crippen LogP contribution in [0.2, 0.25) is 0 Å². The van der Waals surface area contributed by atoms with Gasteiger partial charge in [-0.1, -0.05) is 46.8 Å². The molecule has 44 heavy (non-hydrogen) atoms. The molecule has 0 aliphatic rings. The summed E-state index contributed by atoms with van der Waals surface area (Å²) >= 11 is 8.57. The van der Waals surface area contributed by atoms with E-state index in [4.69, 9.17) is 35.9 Å². The third-order valence-corrected chi connectivity index (χ3v) is 8.56. The van der Waals surface area contributed by atoms with Crippen LogP contribution >= 0.6 is 35.3 Å². The van der Waals surface area contributed by atoms with Gasteiger partial charge in [0, 0.05) is 27.5 Å². The zero-order valence-electron chi connectivity index (χ0n) is 26.5. The van der Waals surface area contributed by atoms with Gasteiger partial charge in [0.2, 0.25) is 5.88 Å². The first-order valence-corrected chi connectivity index (χ1v) is 17.1. The number of carbonyl (C=O) groups is 1. The van der Waals surface area contributed by atoms with E-state index < -0.39 is 0 Å². The van der Waals surface area contributed by atoms with Crippen molar-refractivity contribution in [3.63, 3.8) is 0 Å². The smallest absolute Gasteiger partial charge is 0.306 e. The van der Waals surface area contributed by atoms with E-state index in [9.17, 15) is 9.18 Å². The second-order valence-corrected chi connectivity index (χ2v) is 14.8. The molecule has 0 saturated carbocycles. The molecule has 0 atom stereocenters. The van der Waals surface area contributed by atoms with Gasteiger partial charge < -0.3 is 23.7 Å². The van der Waals surface area contributed by atoms with E-state index in [2.05, 4.69) is 39.6 Å². The Labute approximate surface area is 273 Å². The van der Waals surface area contributed by atoms with Gasteiger partial charge in [-0.25, -0.2) is 9.37 Å². The van der Waals surface area contributed by atoms with Crippen molar-refractivity contribution in [2.75, 3.05) is 59.1 Å². The summed E-state index contributed by atoms with van der Waals surface area (Å²) in [4.78, 5) is 18.4. The van der Waals surface area contributed by atoms with Crippen LogP contribution in [0.25, 0.3) is 21.3 Å². The predicted octanol–water partition coefficient (Wildman–Crippen LogP) is 8.38. The summed E-state index contributed by atoms with van der Waals surface area (Å²) in [6.45, 7) is 13.7. The molecular weight excluding hydrogens is 622 g/mol. The summed E-state index contributed by atoms with van der Waals surface area (Å²) in [5, 5.41) is 0.913. The number of aromatic nitrogens is 1. The van der Waals surface area contributed by atoms with Gasteiger partial charge >= 0.3 is 5.97 Å². The SMILES string of the molecule is CSc1ccc(F)cc1-c1cc2ccc(OCCOCCOCCOCCOC(=O)CC(C)(C)CC(C)(C)C)nc2sc1=S. The number of hydrogen-bond acceptors (Lipinski definition) is 10. The molecule has 2 heterocycles. The zero-order valence-corrected chi connectivity index (χ0v) is 29.0. The first-order chi connectivity index (χ1) is 20.9. The number of halogens is 1. The standard InChI is InChI=1S/C33H44FNO6S3/c1-32(2,3)22-33(4,5)21-29(36)41-18-16-39-14-12-37-11-13-38-15-17-40-28-10-7-23-19-26(31(42)44-30(23)35-28)25-20-24(34)8-9-27(25)43-6/h7-10,19-20H,11-18,21-22H2,1-6H3. The molecule has 2 aromatic heterocycles. The average Bonchev–Trinajstić information content (AvgIpc) is 2.93. The summed E-state index contributed by atoms with van der Waals surface area (Å²) in [6, 6.07) is 10.5. The lowest BCUT2D eigenvalue weighted by molar-refractivity contribution is -0.148. The molecule has 0 bridgehead atoms. The van der Waals surface area contributed by atoms with Gasteiger partial charge in [0.1, 0.15) is 23.9 Å². The van der Waals surface area contributed by atoms with Crippen molar-refractivity contribution in [2.24, 2.45) is 10.8 Å². The monoisotopic (exact) mass is 665 g/mol. The normalized spacial score (nSPS) is 12.1. The third-order valence-electron chi connectivity index (χ3n) is 6.37. The van der Waals surface area contributed by atoms with E-state index in [0.717, 1.165) is 32.7 Å². The number of nitrogens with zero attached hydrogens (tertiary/aromatic N) is 1. The van der Waals surface area contributed by atoms with Crippen molar-refractivity contribution in [3.05, 3.63) is 46.0 Å². The maximum atomic E-state index is 14.0. The molecule has 11 heteroatoms. The van der Waals surface area contributed by atoms with E-state index in [1.807, 2.05) is 18.4 Å². The van der Waals surface area contributed by atoms with Gasteiger partial charge in [-0.05, 0) is 53.8 Å². The summed E-state index contributed by atoms with van der Waals surface area (Å²) in [5.41, 5.74) is 1.68. The Kier molecular flexibility index (Phi) is 14.5. The Balaban J connectivity index is 1.26. The molecule has 0 aliphatic carbocycles. The molecule has 7 nitrogen and oxygen atoms in total. The lowest BCUT2D eigenvalue weighted by Crippen LogP contribution is -2.25. The minimum atomic E-state index is -0.292. The average molecular weight is 666 g/mol. The van der Waals surface area contributed by atoms with Gasteiger partial charge in [0.25, 0.3) is 0 Å². The first-order valence-electron chi connectivity index (χ1n) is 14.7. The fourth-order valence-corrected chi connectivity index (χ4v) is 6.88. The van der Waals surface area contributed by atoms with Crippen molar-refractivity contribution >= 4 is 51.5 Å². The van der Waals surface area contributed by atoms with Gasteiger partial charge in [-0.3, -0.25) is 4.79 Å². The molecular formula is C33H44FNO6S3. The predicted molar refractivity (Wildman–Crippen MR) is 179 cm³/mol. The summed E-state index contributed by atoms with van der Waals surface area (Å²) in [6.07, 6.45) is 3.30. The lowest BCUT2D eigenvalue weighted by atomic mass is 9.74. The summed E-state index contributed by atoms with van der Waals surface area (Å²) in [5.74, 6) is 0.00612. The minimum absolute atomic E-state index is 0.0988. The molecule has 0 amide bonds. The van der Waals surface area contributed by atoms with Gasteiger partial charge in [0.05, 0.1) is 49.9 Å². The summed E-state index contributed by atoms with van der Waals surface area (Å²) in [7, 11) is 0. The van der Waals surface area contributed by atoms with Crippen LogP contribution in [0.4, 0.5) is 4.39 Å². The second kappa shape index (κ2) is 17.5. The van der Waals surface area contributed by atoms with Crippen LogP contribution in [-0.4, -0.2) is 70.1 Å². The van der Waals surface area contributed by atoms with Crippen LogP contribution in [0, 0.1) is 20.5 Å². The van der Waals surface area contributed by atoms with Crippen molar-refractivity contribution < 1.29 is 32.9 Å².